The van der Waals surface area contributed by atoms with Gasteiger partial charge in [0.05, 0.1) is 22.7 Å². The number of benzene rings is 2. The molecular formula is C24H31Cl2N3O3. The minimum atomic E-state index is -0.935. The molecule has 0 radical (unpaired) electrons. The monoisotopic (exact) mass is 479 g/mol. The van der Waals surface area contributed by atoms with Crippen LogP contribution in [0.4, 0.5) is 0 Å². The molecule has 0 heterocycles. The largest absolute Gasteiger partial charge is 0.387 e. The molecule has 0 spiro atoms. The van der Waals surface area contributed by atoms with E-state index in [1.54, 1.807) is 35.2 Å². The van der Waals surface area contributed by atoms with Crippen molar-refractivity contribution in [3.8, 4) is 0 Å². The molecule has 0 bridgehead atoms. The average molecular weight is 480 g/mol. The minimum Gasteiger partial charge on any atom is -0.387 e. The highest BCUT2D eigenvalue weighted by Gasteiger charge is 2.27. The van der Waals surface area contributed by atoms with Crippen LogP contribution < -0.4 is 11.1 Å². The van der Waals surface area contributed by atoms with Gasteiger partial charge in [0.25, 0.3) is 0 Å². The first-order valence-corrected chi connectivity index (χ1v) is 11.3. The van der Waals surface area contributed by atoms with E-state index in [9.17, 15) is 14.7 Å². The Bertz CT molecular complexity index is 933. The van der Waals surface area contributed by atoms with Crippen LogP contribution in [0.1, 0.15) is 56.5 Å². The fourth-order valence-electron chi connectivity index (χ4n) is 3.12. The van der Waals surface area contributed by atoms with E-state index in [-0.39, 0.29) is 30.3 Å². The summed E-state index contributed by atoms with van der Waals surface area (Å²) in [6.45, 7) is 7.89. The van der Waals surface area contributed by atoms with Crippen molar-refractivity contribution in [3.63, 3.8) is 0 Å². The van der Waals surface area contributed by atoms with Gasteiger partial charge in [-0.1, -0.05) is 67.4 Å². The summed E-state index contributed by atoms with van der Waals surface area (Å²) in [6.07, 6.45) is -0.935. The molecule has 2 atom stereocenters. The fraction of sp³-hybridized carbons (Fsp3) is 0.417. The molecule has 32 heavy (non-hydrogen) atoms. The highest BCUT2D eigenvalue weighted by molar-refractivity contribution is 6.42. The third-order valence-electron chi connectivity index (χ3n) is 5.20. The van der Waals surface area contributed by atoms with E-state index in [0.29, 0.717) is 27.7 Å². The maximum atomic E-state index is 13.1. The number of aliphatic hydroxyl groups is 1. The van der Waals surface area contributed by atoms with E-state index in [1.165, 1.54) is 0 Å². The summed E-state index contributed by atoms with van der Waals surface area (Å²) in [6, 6.07) is 11.1. The predicted octanol–water partition coefficient (Wildman–Crippen LogP) is 4.24. The normalized spacial score (nSPS) is 13.2. The van der Waals surface area contributed by atoms with Crippen molar-refractivity contribution in [3.05, 3.63) is 69.2 Å². The van der Waals surface area contributed by atoms with Crippen LogP contribution >= 0.6 is 23.2 Å². The van der Waals surface area contributed by atoms with Crippen LogP contribution in [0.5, 0.6) is 0 Å². The third-order valence-corrected chi connectivity index (χ3v) is 5.94. The van der Waals surface area contributed by atoms with Crippen molar-refractivity contribution in [1.29, 1.82) is 0 Å². The quantitative estimate of drug-likeness (QED) is 0.501. The fourth-order valence-corrected chi connectivity index (χ4v) is 3.43. The predicted molar refractivity (Wildman–Crippen MR) is 128 cm³/mol. The Hall–Kier alpha value is -2.12. The molecule has 0 aliphatic rings. The molecule has 2 unspecified atom stereocenters. The van der Waals surface area contributed by atoms with Crippen LogP contribution in [0.15, 0.2) is 42.5 Å². The second kappa shape index (κ2) is 11.7. The van der Waals surface area contributed by atoms with E-state index < -0.39 is 12.1 Å². The second-order valence-electron chi connectivity index (χ2n) is 8.37. The number of carbonyl (C=O) groups is 2. The van der Waals surface area contributed by atoms with Crippen LogP contribution in [-0.2, 0) is 16.1 Å². The van der Waals surface area contributed by atoms with Gasteiger partial charge in [-0.3, -0.25) is 9.59 Å². The second-order valence-corrected chi connectivity index (χ2v) is 9.18. The Morgan fingerprint density at radius 3 is 2.12 bits per heavy atom. The highest BCUT2D eigenvalue weighted by Crippen LogP contribution is 2.27. The molecule has 0 saturated heterocycles. The average Bonchev–Trinajstić information content (AvgIpc) is 2.76. The maximum absolute atomic E-state index is 13.1. The molecule has 0 aromatic heterocycles. The molecule has 2 amide bonds. The lowest BCUT2D eigenvalue weighted by Crippen LogP contribution is -2.44. The van der Waals surface area contributed by atoms with E-state index in [4.69, 9.17) is 28.9 Å². The lowest BCUT2D eigenvalue weighted by Gasteiger charge is -2.31. The molecule has 2 aromatic carbocycles. The zero-order valence-corrected chi connectivity index (χ0v) is 20.3. The van der Waals surface area contributed by atoms with Gasteiger partial charge in [-0.15, -0.1) is 0 Å². The molecule has 4 N–H and O–H groups in total. The van der Waals surface area contributed by atoms with Gasteiger partial charge < -0.3 is 21.1 Å². The van der Waals surface area contributed by atoms with Gasteiger partial charge in [-0.2, -0.15) is 0 Å². The SMILES string of the molecule is CC(C)C(=O)NCc1ccc(C(N)C(=O)N(CC(O)c2ccc(Cl)c(Cl)c2)C(C)C)cc1. The number of nitrogens with one attached hydrogen (secondary N) is 1. The van der Waals surface area contributed by atoms with E-state index in [2.05, 4.69) is 5.32 Å². The number of amides is 2. The van der Waals surface area contributed by atoms with E-state index in [1.807, 2.05) is 39.8 Å². The number of aliphatic hydroxyl groups excluding tert-OH is 1. The Kier molecular flexibility index (Phi) is 9.52. The van der Waals surface area contributed by atoms with Crippen molar-refractivity contribution in [2.75, 3.05) is 6.54 Å². The van der Waals surface area contributed by atoms with E-state index in [0.717, 1.165) is 5.56 Å². The summed E-state index contributed by atoms with van der Waals surface area (Å²) in [5.74, 6) is -0.393. The van der Waals surface area contributed by atoms with Gasteiger partial charge in [-0.05, 0) is 42.7 Å². The number of nitrogens with two attached hydrogens (primary N) is 1. The van der Waals surface area contributed by atoms with Gasteiger partial charge >= 0.3 is 0 Å². The first kappa shape index (κ1) is 26.1. The number of halogens is 2. The maximum Gasteiger partial charge on any atom is 0.244 e. The standard InChI is InChI=1S/C24H31Cl2N3O3/c1-14(2)23(31)28-12-16-5-7-17(8-6-16)22(27)24(32)29(15(3)4)13-21(30)18-9-10-19(25)20(26)11-18/h5-11,14-15,21-22,30H,12-13,27H2,1-4H3,(H,28,31). The zero-order valence-electron chi connectivity index (χ0n) is 18.8. The van der Waals surface area contributed by atoms with Crippen molar-refractivity contribution in [2.45, 2.75) is 52.4 Å². The molecule has 0 aliphatic heterocycles. The lowest BCUT2D eigenvalue weighted by atomic mass is 10.0. The summed E-state index contributed by atoms with van der Waals surface area (Å²) in [4.78, 5) is 26.4. The Morgan fingerprint density at radius 1 is 1.00 bits per heavy atom. The Balaban J connectivity index is 2.08. The van der Waals surface area contributed by atoms with Crippen LogP contribution in [0.3, 0.4) is 0 Å². The van der Waals surface area contributed by atoms with Gasteiger partial charge in [0.2, 0.25) is 11.8 Å². The van der Waals surface area contributed by atoms with Gasteiger partial charge in [0.1, 0.15) is 6.04 Å². The minimum absolute atomic E-state index is 0.0194. The summed E-state index contributed by atoms with van der Waals surface area (Å²) in [5, 5.41) is 14.3. The molecule has 0 saturated carbocycles. The van der Waals surface area contributed by atoms with Crippen molar-refractivity contribution >= 4 is 35.0 Å². The summed E-state index contributed by atoms with van der Waals surface area (Å²) in [7, 11) is 0. The third kappa shape index (κ3) is 6.94. The summed E-state index contributed by atoms with van der Waals surface area (Å²) < 4.78 is 0. The number of carbonyl (C=O) groups excluding carboxylic acids is 2. The van der Waals surface area contributed by atoms with E-state index >= 15 is 0 Å². The first-order chi connectivity index (χ1) is 15.0. The molecule has 2 aromatic rings. The van der Waals surface area contributed by atoms with Crippen LogP contribution in [0, 0.1) is 5.92 Å². The number of hydrogen-bond donors (Lipinski definition) is 3. The van der Waals surface area contributed by atoms with Crippen LogP contribution in [0.2, 0.25) is 10.0 Å². The van der Waals surface area contributed by atoms with Gasteiger partial charge in [-0.25, -0.2) is 0 Å². The number of hydrogen-bond acceptors (Lipinski definition) is 4. The molecule has 0 fully saturated rings. The summed E-state index contributed by atoms with van der Waals surface area (Å²) >= 11 is 12.0. The topological polar surface area (TPSA) is 95.7 Å². The lowest BCUT2D eigenvalue weighted by molar-refractivity contribution is -0.136. The van der Waals surface area contributed by atoms with Gasteiger partial charge in [0, 0.05) is 18.5 Å². The summed E-state index contributed by atoms with van der Waals surface area (Å²) in [5.41, 5.74) is 8.41. The molecule has 8 heteroatoms. The molecule has 0 aliphatic carbocycles. The molecule has 2 rings (SSSR count). The molecular weight excluding hydrogens is 449 g/mol. The zero-order chi connectivity index (χ0) is 24.0. The van der Waals surface area contributed by atoms with Crippen LogP contribution in [0.25, 0.3) is 0 Å². The first-order valence-electron chi connectivity index (χ1n) is 10.6. The van der Waals surface area contributed by atoms with Crippen molar-refractivity contribution in [1.82, 2.24) is 10.2 Å². The van der Waals surface area contributed by atoms with Crippen LogP contribution in [-0.4, -0.2) is 34.4 Å². The Labute approximate surface area is 199 Å². The smallest absolute Gasteiger partial charge is 0.244 e. The van der Waals surface area contributed by atoms with Crippen molar-refractivity contribution < 1.29 is 14.7 Å². The highest BCUT2D eigenvalue weighted by atomic mass is 35.5. The number of rotatable bonds is 9. The molecule has 6 nitrogen and oxygen atoms in total. The molecule has 174 valence electrons. The Morgan fingerprint density at radius 2 is 1.59 bits per heavy atom. The number of nitrogens with zero attached hydrogens (tertiary/aromatic N) is 1. The van der Waals surface area contributed by atoms with Crippen molar-refractivity contribution in [2.24, 2.45) is 11.7 Å². The van der Waals surface area contributed by atoms with Gasteiger partial charge in [0.15, 0.2) is 0 Å².